The number of ether oxygens (including phenoxy) is 1. The Labute approximate surface area is 175 Å². The summed E-state index contributed by atoms with van der Waals surface area (Å²) in [6, 6.07) is 5.16. The average molecular weight is 453 g/mol. The summed E-state index contributed by atoms with van der Waals surface area (Å²) in [6.07, 6.45) is 0.0521. The minimum atomic E-state index is -3.43. The van der Waals surface area contributed by atoms with Crippen LogP contribution in [0, 0.1) is 0 Å². The monoisotopic (exact) mass is 452 g/mol. The van der Waals surface area contributed by atoms with Gasteiger partial charge in [-0.1, -0.05) is 0 Å². The van der Waals surface area contributed by atoms with Crippen LogP contribution in [0.15, 0.2) is 32.9 Å². The van der Waals surface area contributed by atoms with E-state index < -0.39 is 10.0 Å². The quantitative estimate of drug-likeness (QED) is 0.686. The van der Waals surface area contributed by atoms with E-state index in [4.69, 9.17) is 4.74 Å². The van der Waals surface area contributed by atoms with Crippen LogP contribution in [0.1, 0.15) is 23.0 Å². The molecule has 12 heteroatoms. The number of carbonyl (C=O) groups is 2. The molecule has 152 valence electrons. The fourth-order valence-corrected chi connectivity index (χ4v) is 5.85. The van der Waals surface area contributed by atoms with Crippen LogP contribution in [0.25, 0.3) is 0 Å². The number of amidine groups is 1. The van der Waals surface area contributed by atoms with E-state index in [0.29, 0.717) is 34.7 Å². The minimum Gasteiger partial charge on any atom is -0.466 e. The number of amides is 1. The van der Waals surface area contributed by atoms with Crippen molar-refractivity contribution in [2.24, 2.45) is 4.40 Å². The molecule has 1 N–H and O–H groups in total. The summed E-state index contributed by atoms with van der Waals surface area (Å²) in [5, 5.41) is 5.21. The molecule has 29 heavy (non-hydrogen) atoms. The molecule has 0 saturated carbocycles. The van der Waals surface area contributed by atoms with E-state index in [2.05, 4.69) is 14.7 Å². The molecule has 0 spiro atoms. The summed E-state index contributed by atoms with van der Waals surface area (Å²) in [5.74, 6) is -0.741. The van der Waals surface area contributed by atoms with Gasteiger partial charge in [0, 0.05) is 22.4 Å². The normalized spacial score (nSPS) is 16.6. The highest BCUT2D eigenvalue weighted by molar-refractivity contribution is 8.15. The summed E-state index contributed by atoms with van der Waals surface area (Å²) >= 11 is 2.45. The number of benzene rings is 1. The van der Waals surface area contributed by atoms with Crippen molar-refractivity contribution in [3.05, 3.63) is 34.8 Å². The fourth-order valence-electron chi connectivity index (χ4n) is 2.85. The van der Waals surface area contributed by atoms with Gasteiger partial charge < -0.3 is 9.64 Å². The number of carbonyl (C=O) groups excluding carboxylic acids is 2. The average Bonchev–Trinajstić information content (AvgIpc) is 3.23. The van der Waals surface area contributed by atoms with Gasteiger partial charge in [-0.25, -0.2) is 13.4 Å². The lowest BCUT2D eigenvalue weighted by Gasteiger charge is -2.22. The second kappa shape index (κ2) is 7.76. The Morgan fingerprint density at radius 3 is 2.97 bits per heavy atom. The molecule has 0 fully saturated rings. The fraction of sp³-hybridized carbons (Fsp3) is 0.294. The molecule has 0 radical (unpaired) electrons. The first-order valence-electron chi connectivity index (χ1n) is 8.68. The highest BCUT2D eigenvalue weighted by atomic mass is 32.2. The summed E-state index contributed by atoms with van der Waals surface area (Å²) in [5.41, 5.74) is 1.79. The SMILES string of the molecule is CCOC(=O)Cc1csc(NC(=O)c2ccc3c(c2)SC2=NS(=O)(=O)CCN23)n1. The number of sulfonamides is 1. The molecule has 0 bridgehead atoms. The van der Waals surface area contributed by atoms with E-state index in [1.54, 1.807) is 30.5 Å². The predicted molar refractivity (Wildman–Crippen MR) is 111 cm³/mol. The zero-order chi connectivity index (χ0) is 20.6. The third-order valence-corrected chi connectivity index (χ3v) is 7.25. The second-order valence-electron chi connectivity index (χ2n) is 6.18. The molecule has 1 amide bonds. The van der Waals surface area contributed by atoms with E-state index >= 15 is 0 Å². The number of anilines is 2. The van der Waals surface area contributed by atoms with E-state index in [1.165, 1.54) is 23.1 Å². The summed E-state index contributed by atoms with van der Waals surface area (Å²) in [7, 11) is -3.43. The van der Waals surface area contributed by atoms with Crippen LogP contribution >= 0.6 is 23.1 Å². The van der Waals surface area contributed by atoms with Crippen molar-refractivity contribution in [3.8, 4) is 0 Å². The summed E-state index contributed by atoms with van der Waals surface area (Å²) < 4.78 is 32.1. The molecule has 0 saturated heterocycles. The van der Waals surface area contributed by atoms with Gasteiger partial charge in [0.1, 0.15) is 0 Å². The van der Waals surface area contributed by atoms with Crippen molar-refractivity contribution in [2.45, 2.75) is 18.2 Å². The maximum Gasteiger partial charge on any atom is 0.311 e. The molecule has 9 nitrogen and oxygen atoms in total. The van der Waals surface area contributed by atoms with Gasteiger partial charge in [-0.2, -0.15) is 0 Å². The Hall–Kier alpha value is -2.44. The Morgan fingerprint density at radius 2 is 2.17 bits per heavy atom. The zero-order valence-corrected chi connectivity index (χ0v) is 17.7. The van der Waals surface area contributed by atoms with Gasteiger partial charge in [0.2, 0.25) is 0 Å². The first-order valence-corrected chi connectivity index (χ1v) is 12.0. The predicted octanol–water partition coefficient (Wildman–Crippen LogP) is 2.11. The van der Waals surface area contributed by atoms with Crippen LogP contribution in [0.2, 0.25) is 0 Å². The molecule has 0 aliphatic carbocycles. The molecule has 4 rings (SSSR count). The number of hydrogen-bond donors (Lipinski definition) is 1. The highest BCUT2D eigenvalue weighted by Crippen LogP contribution is 2.42. The number of esters is 1. The van der Waals surface area contributed by atoms with Gasteiger partial charge in [0.05, 0.1) is 30.2 Å². The van der Waals surface area contributed by atoms with Crippen molar-refractivity contribution < 1.29 is 22.7 Å². The largest absolute Gasteiger partial charge is 0.466 e. The van der Waals surface area contributed by atoms with Crippen LogP contribution in [-0.4, -0.2) is 49.4 Å². The number of nitrogens with one attached hydrogen (secondary N) is 1. The van der Waals surface area contributed by atoms with Crippen LogP contribution in [0.4, 0.5) is 10.8 Å². The number of fused-ring (bicyclic) bond motifs is 3. The maximum atomic E-state index is 12.6. The van der Waals surface area contributed by atoms with E-state index in [9.17, 15) is 18.0 Å². The lowest BCUT2D eigenvalue weighted by atomic mass is 10.2. The van der Waals surface area contributed by atoms with Crippen LogP contribution in [0.3, 0.4) is 0 Å². The van der Waals surface area contributed by atoms with E-state index in [1.807, 2.05) is 4.90 Å². The Bertz CT molecular complexity index is 1130. The molecular formula is C17H16N4O5S3. The lowest BCUT2D eigenvalue weighted by molar-refractivity contribution is -0.142. The molecule has 1 aromatic heterocycles. The standard InChI is InChI=1S/C17H16N4O5S3/c1-2-26-14(22)8-11-9-27-16(18-11)19-15(23)10-3-4-12-13(7-10)28-17-20-29(24,25)6-5-21(12)17/h3-4,7,9H,2,5-6,8H2,1H3,(H,18,19,23). The van der Waals surface area contributed by atoms with Crippen LogP contribution < -0.4 is 10.2 Å². The van der Waals surface area contributed by atoms with Gasteiger partial charge >= 0.3 is 5.97 Å². The van der Waals surface area contributed by atoms with E-state index in [-0.39, 0.29) is 24.1 Å². The topological polar surface area (TPSA) is 118 Å². The maximum absolute atomic E-state index is 12.6. The number of thioether (sulfide) groups is 1. The van der Waals surface area contributed by atoms with Crippen molar-refractivity contribution in [1.29, 1.82) is 0 Å². The molecule has 0 atom stereocenters. The number of hydrogen-bond acceptors (Lipinski definition) is 9. The number of rotatable bonds is 5. The van der Waals surface area contributed by atoms with Crippen molar-refractivity contribution in [2.75, 3.05) is 29.1 Å². The summed E-state index contributed by atoms with van der Waals surface area (Å²) in [4.78, 5) is 30.9. The number of nitrogens with zero attached hydrogens (tertiary/aromatic N) is 3. The van der Waals surface area contributed by atoms with Crippen molar-refractivity contribution in [1.82, 2.24) is 4.98 Å². The third-order valence-electron chi connectivity index (χ3n) is 4.14. The zero-order valence-electron chi connectivity index (χ0n) is 15.2. The molecular weight excluding hydrogens is 436 g/mol. The molecule has 1 aromatic carbocycles. The minimum absolute atomic E-state index is 0.0308. The second-order valence-corrected chi connectivity index (χ2v) is 9.80. The van der Waals surface area contributed by atoms with E-state index in [0.717, 1.165) is 10.6 Å². The molecule has 0 unspecified atom stereocenters. The number of thiazole rings is 1. The Morgan fingerprint density at radius 1 is 1.34 bits per heavy atom. The van der Waals surface area contributed by atoms with Gasteiger partial charge in [0.25, 0.3) is 15.9 Å². The third kappa shape index (κ3) is 4.28. The molecule has 2 aromatic rings. The van der Waals surface area contributed by atoms with Crippen LogP contribution in [-0.2, 0) is 26.0 Å². The van der Waals surface area contributed by atoms with Gasteiger partial charge in [0.15, 0.2) is 10.3 Å². The first kappa shape index (κ1) is 19.9. The van der Waals surface area contributed by atoms with Gasteiger partial charge in [-0.15, -0.1) is 15.7 Å². The first-order chi connectivity index (χ1) is 13.8. The lowest BCUT2D eigenvalue weighted by Crippen LogP contribution is -2.35. The molecule has 2 aliphatic heterocycles. The Balaban J connectivity index is 1.47. The number of aromatic nitrogens is 1. The Kier molecular flexibility index (Phi) is 5.32. The van der Waals surface area contributed by atoms with Crippen molar-refractivity contribution in [3.63, 3.8) is 0 Å². The van der Waals surface area contributed by atoms with Gasteiger partial charge in [-0.05, 0) is 36.9 Å². The highest BCUT2D eigenvalue weighted by Gasteiger charge is 2.33. The molecule has 2 aliphatic rings. The molecule has 3 heterocycles. The summed E-state index contributed by atoms with van der Waals surface area (Å²) in [6.45, 7) is 2.38. The smallest absolute Gasteiger partial charge is 0.311 e. The van der Waals surface area contributed by atoms with Crippen LogP contribution in [0.5, 0.6) is 0 Å². The van der Waals surface area contributed by atoms with Gasteiger partial charge in [-0.3, -0.25) is 14.9 Å². The van der Waals surface area contributed by atoms with Crippen molar-refractivity contribution >= 4 is 61.0 Å².